The average Bonchev–Trinajstić information content (AvgIpc) is 2.82. The molecular weight excluding hydrogens is 254 g/mol. The molecule has 0 aliphatic rings. The highest BCUT2D eigenvalue weighted by Gasteiger charge is 2.07. The predicted octanol–water partition coefficient (Wildman–Crippen LogP) is 3.32. The van der Waals surface area contributed by atoms with Gasteiger partial charge in [0.15, 0.2) is 0 Å². The van der Waals surface area contributed by atoms with Crippen molar-refractivity contribution in [2.45, 2.75) is 0 Å². The summed E-state index contributed by atoms with van der Waals surface area (Å²) in [5.41, 5.74) is 2.21. The van der Waals surface area contributed by atoms with Gasteiger partial charge in [-0.1, -0.05) is 22.0 Å². The van der Waals surface area contributed by atoms with Crippen molar-refractivity contribution >= 4 is 26.8 Å². The molecule has 0 bridgehead atoms. The summed E-state index contributed by atoms with van der Waals surface area (Å²) < 4.78 is 1.07. The number of imidazole rings is 1. The van der Waals surface area contributed by atoms with Crippen molar-refractivity contribution < 1.29 is 0 Å². The van der Waals surface area contributed by atoms with E-state index < -0.39 is 0 Å². The number of H-pyrrole nitrogens is 2. The molecule has 2 aromatic heterocycles. The highest BCUT2D eigenvalue weighted by molar-refractivity contribution is 9.10. The zero-order chi connectivity index (χ0) is 10.3. The molecule has 0 aliphatic carbocycles. The molecule has 0 saturated carbocycles. The summed E-state index contributed by atoms with van der Waals surface area (Å²) in [6, 6.07) is 6.16. The van der Waals surface area contributed by atoms with Crippen LogP contribution in [0.5, 0.6) is 0 Å². The maximum atomic E-state index is 4.24. The molecule has 3 rings (SSSR count). The maximum Gasteiger partial charge on any atom is 0.139 e. The Morgan fingerprint density at radius 1 is 1.20 bits per heavy atom. The molecule has 2 heterocycles. The van der Waals surface area contributed by atoms with Gasteiger partial charge >= 0.3 is 0 Å². The van der Waals surface area contributed by atoms with Crippen LogP contribution in [0.2, 0.25) is 0 Å². The van der Waals surface area contributed by atoms with E-state index in [2.05, 4.69) is 43.0 Å². The van der Waals surface area contributed by atoms with Crippen LogP contribution in [0.1, 0.15) is 0 Å². The smallest absolute Gasteiger partial charge is 0.139 e. The number of halogens is 1. The van der Waals surface area contributed by atoms with Gasteiger partial charge in [-0.15, -0.1) is 0 Å². The minimum Gasteiger partial charge on any atom is -0.360 e. The van der Waals surface area contributed by atoms with Crippen molar-refractivity contribution in [3.63, 3.8) is 0 Å². The lowest BCUT2D eigenvalue weighted by molar-refractivity contribution is 1.31. The van der Waals surface area contributed by atoms with Crippen LogP contribution in [0.4, 0.5) is 0 Å². The minimum absolute atomic E-state index is 0.892. The van der Waals surface area contributed by atoms with Gasteiger partial charge in [0.2, 0.25) is 0 Å². The van der Waals surface area contributed by atoms with Crippen LogP contribution in [0.15, 0.2) is 41.3 Å². The van der Waals surface area contributed by atoms with Gasteiger partial charge in [-0.25, -0.2) is 4.98 Å². The van der Waals surface area contributed by atoms with E-state index in [1.165, 1.54) is 5.39 Å². The first-order valence-corrected chi connectivity index (χ1v) is 5.40. The minimum atomic E-state index is 0.892. The fourth-order valence-electron chi connectivity index (χ4n) is 1.71. The van der Waals surface area contributed by atoms with E-state index in [4.69, 9.17) is 0 Å². The van der Waals surface area contributed by atoms with Crippen molar-refractivity contribution in [2.75, 3.05) is 0 Å². The molecule has 2 N–H and O–H groups in total. The van der Waals surface area contributed by atoms with E-state index in [1.807, 2.05) is 18.5 Å². The number of hydrogen-bond acceptors (Lipinski definition) is 1. The topological polar surface area (TPSA) is 44.5 Å². The van der Waals surface area contributed by atoms with Crippen molar-refractivity contribution in [3.05, 3.63) is 41.3 Å². The Morgan fingerprint density at radius 2 is 2.13 bits per heavy atom. The zero-order valence-electron chi connectivity index (χ0n) is 7.79. The van der Waals surface area contributed by atoms with Crippen LogP contribution in [0, 0.1) is 0 Å². The first kappa shape index (κ1) is 8.73. The highest BCUT2D eigenvalue weighted by atomic mass is 79.9. The normalized spacial score (nSPS) is 11.0. The lowest BCUT2D eigenvalue weighted by Gasteiger charge is -1.94. The van der Waals surface area contributed by atoms with Gasteiger partial charge in [0, 0.05) is 39.5 Å². The van der Waals surface area contributed by atoms with Gasteiger partial charge in [0.25, 0.3) is 0 Å². The fraction of sp³-hybridized carbons (Fsp3) is 0. The molecular formula is C11H8BrN3. The quantitative estimate of drug-likeness (QED) is 0.694. The molecule has 0 radical (unpaired) electrons. The van der Waals surface area contributed by atoms with Crippen LogP contribution in [-0.4, -0.2) is 15.0 Å². The average molecular weight is 262 g/mol. The largest absolute Gasteiger partial charge is 0.360 e. The van der Waals surface area contributed by atoms with Crippen LogP contribution in [0.25, 0.3) is 22.3 Å². The Morgan fingerprint density at radius 3 is 2.93 bits per heavy atom. The number of aromatic amines is 2. The van der Waals surface area contributed by atoms with Gasteiger partial charge in [0.1, 0.15) is 5.82 Å². The Bertz CT molecular complexity index is 595. The fourth-order valence-corrected chi connectivity index (χ4v) is 2.07. The second kappa shape index (κ2) is 3.24. The SMILES string of the molecule is Brc1ccc2c(-c3ncc[nH]3)c[nH]c2c1. The molecule has 3 nitrogen and oxygen atoms in total. The number of fused-ring (bicyclic) bond motifs is 1. The highest BCUT2D eigenvalue weighted by Crippen LogP contribution is 2.27. The summed E-state index contributed by atoms with van der Waals surface area (Å²) in [4.78, 5) is 10.6. The third-order valence-electron chi connectivity index (χ3n) is 2.40. The summed E-state index contributed by atoms with van der Waals surface area (Å²) >= 11 is 3.45. The number of nitrogens with zero attached hydrogens (tertiary/aromatic N) is 1. The third kappa shape index (κ3) is 1.37. The molecule has 0 saturated heterocycles. The summed E-state index contributed by atoms with van der Waals surface area (Å²) in [6.45, 7) is 0. The van der Waals surface area contributed by atoms with Crippen molar-refractivity contribution in [2.24, 2.45) is 0 Å². The van der Waals surface area contributed by atoms with Crippen molar-refractivity contribution in [1.82, 2.24) is 15.0 Å². The molecule has 0 amide bonds. The molecule has 0 aliphatic heterocycles. The Kier molecular flexibility index (Phi) is 1.89. The summed E-state index contributed by atoms with van der Waals surface area (Å²) in [5, 5.41) is 1.17. The number of aromatic nitrogens is 3. The predicted molar refractivity (Wildman–Crippen MR) is 63.6 cm³/mol. The van der Waals surface area contributed by atoms with E-state index in [1.54, 1.807) is 6.20 Å². The van der Waals surface area contributed by atoms with Crippen molar-refractivity contribution in [1.29, 1.82) is 0 Å². The first-order valence-electron chi connectivity index (χ1n) is 4.61. The molecule has 4 heteroatoms. The van der Waals surface area contributed by atoms with E-state index in [9.17, 15) is 0 Å². The van der Waals surface area contributed by atoms with Crippen LogP contribution < -0.4 is 0 Å². The zero-order valence-corrected chi connectivity index (χ0v) is 9.38. The lowest BCUT2D eigenvalue weighted by Crippen LogP contribution is -1.77. The van der Waals surface area contributed by atoms with Crippen LogP contribution in [-0.2, 0) is 0 Å². The maximum absolute atomic E-state index is 4.24. The molecule has 0 spiro atoms. The van der Waals surface area contributed by atoms with Crippen LogP contribution >= 0.6 is 15.9 Å². The molecule has 74 valence electrons. The molecule has 0 atom stereocenters. The molecule has 3 aromatic rings. The second-order valence-corrected chi connectivity index (χ2v) is 4.25. The van der Waals surface area contributed by atoms with Gasteiger partial charge in [0.05, 0.1) is 0 Å². The van der Waals surface area contributed by atoms with Gasteiger partial charge < -0.3 is 9.97 Å². The van der Waals surface area contributed by atoms with Gasteiger partial charge in [-0.3, -0.25) is 0 Å². The first-order chi connectivity index (χ1) is 7.34. The van der Waals surface area contributed by atoms with Gasteiger partial charge in [-0.2, -0.15) is 0 Å². The second-order valence-electron chi connectivity index (χ2n) is 3.33. The summed E-state index contributed by atoms with van der Waals surface area (Å²) in [5.74, 6) is 0.892. The third-order valence-corrected chi connectivity index (χ3v) is 2.89. The van der Waals surface area contributed by atoms with Crippen molar-refractivity contribution in [3.8, 4) is 11.4 Å². The Hall–Kier alpha value is -1.55. The number of benzene rings is 1. The van der Waals surface area contributed by atoms with E-state index >= 15 is 0 Å². The number of hydrogen-bond donors (Lipinski definition) is 2. The molecule has 0 fully saturated rings. The molecule has 15 heavy (non-hydrogen) atoms. The monoisotopic (exact) mass is 261 g/mol. The number of nitrogens with one attached hydrogen (secondary N) is 2. The lowest BCUT2D eigenvalue weighted by atomic mass is 10.2. The standard InChI is InChI=1S/C11H8BrN3/c12-7-1-2-8-9(6-15-10(8)5-7)11-13-3-4-14-11/h1-6,15H,(H,13,14). The van der Waals surface area contributed by atoms with E-state index in [0.29, 0.717) is 0 Å². The summed E-state index contributed by atoms with van der Waals surface area (Å²) in [7, 11) is 0. The Balaban J connectivity index is 2.29. The summed E-state index contributed by atoms with van der Waals surface area (Å²) in [6.07, 6.45) is 5.55. The van der Waals surface area contributed by atoms with Crippen LogP contribution in [0.3, 0.4) is 0 Å². The Labute approximate surface area is 94.7 Å². The van der Waals surface area contributed by atoms with E-state index in [-0.39, 0.29) is 0 Å². The molecule has 1 aromatic carbocycles. The number of rotatable bonds is 1. The molecule has 0 unspecified atom stereocenters. The van der Waals surface area contributed by atoms with E-state index in [0.717, 1.165) is 21.4 Å². The van der Waals surface area contributed by atoms with Gasteiger partial charge in [-0.05, 0) is 12.1 Å².